The summed E-state index contributed by atoms with van der Waals surface area (Å²) in [6.07, 6.45) is 5.01. The van der Waals surface area contributed by atoms with Crippen molar-refractivity contribution >= 4 is 0 Å². The summed E-state index contributed by atoms with van der Waals surface area (Å²) in [5.74, 6) is 2.04. The van der Waals surface area contributed by atoms with Gasteiger partial charge in [0.1, 0.15) is 5.75 Å². The fourth-order valence-electron chi connectivity index (χ4n) is 5.56. The van der Waals surface area contributed by atoms with Crippen LogP contribution in [0.15, 0.2) is 30.4 Å². The predicted octanol–water partition coefficient (Wildman–Crippen LogP) is 3.78. The molecule has 5 atom stereocenters. The molecular weight excluding hydrogens is 260 g/mol. The Morgan fingerprint density at radius 2 is 2.10 bits per heavy atom. The molecule has 0 aliphatic heterocycles. The van der Waals surface area contributed by atoms with Gasteiger partial charge in [0.25, 0.3) is 0 Å². The van der Waals surface area contributed by atoms with Gasteiger partial charge in [0.15, 0.2) is 0 Å². The van der Waals surface area contributed by atoms with E-state index in [-0.39, 0.29) is 11.5 Å². The Bertz CT molecular complexity index is 606. The molecule has 2 nitrogen and oxygen atoms in total. The molecule has 2 saturated carbocycles. The van der Waals surface area contributed by atoms with Crippen LogP contribution in [0.1, 0.15) is 49.7 Å². The zero-order valence-corrected chi connectivity index (χ0v) is 12.7. The average molecular weight is 284 g/mol. The first-order valence-electron chi connectivity index (χ1n) is 8.18. The van der Waals surface area contributed by atoms with Crippen molar-refractivity contribution in [3.05, 3.63) is 41.5 Å². The second kappa shape index (κ2) is 4.36. The smallest absolute Gasteiger partial charge is 0.115 e. The van der Waals surface area contributed by atoms with E-state index in [1.165, 1.54) is 16.7 Å². The number of aromatic hydroxyl groups is 1. The van der Waals surface area contributed by atoms with Crippen LogP contribution in [-0.4, -0.2) is 16.3 Å². The molecule has 0 aromatic heterocycles. The minimum atomic E-state index is -0.211. The highest BCUT2D eigenvalue weighted by molar-refractivity contribution is 5.41. The number of aliphatic hydroxyl groups is 1. The maximum Gasteiger partial charge on any atom is 0.115 e. The lowest BCUT2D eigenvalue weighted by Crippen LogP contribution is -2.44. The van der Waals surface area contributed by atoms with Gasteiger partial charge in [0, 0.05) is 5.41 Å². The lowest BCUT2D eigenvalue weighted by Gasteiger charge is -2.50. The van der Waals surface area contributed by atoms with E-state index >= 15 is 0 Å². The molecule has 0 saturated heterocycles. The van der Waals surface area contributed by atoms with Gasteiger partial charge < -0.3 is 10.2 Å². The Morgan fingerprint density at radius 1 is 1.29 bits per heavy atom. The highest BCUT2D eigenvalue weighted by atomic mass is 16.3. The topological polar surface area (TPSA) is 40.5 Å². The highest BCUT2D eigenvalue weighted by Crippen LogP contribution is 2.62. The third kappa shape index (κ3) is 1.75. The molecule has 2 heteroatoms. The van der Waals surface area contributed by atoms with Crippen molar-refractivity contribution in [1.29, 1.82) is 0 Å². The van der Waals surface area contributed by atoms with E-state index in [1.807, 2.05) is 12.1 Å². The van der Waals surface area contributed by atoms with Gasteiger partial charge in [-0.2, -0.15) is 0 Å². The van der Waals surface area contributed by atoms with E-state index in [0.29, 0.717) is 23.5 Å². The fraction of sp³-hybridized carbons (Fsp3) is 0.579. The number of hydrogen-bond acceptors (Lipinski definition) is 2. The van der Waals surface area contributed by atoms with Crippen molar-refractivity contribution in [3.63, 3.8) is 0 Å². The van der Waals surface area contributed by atoms with Crippen LogP contribution in [0, 0.1) is 17.3 Å². The average Bonchev–Trinajstić information content (AvgIpc) is 2.68. The minimum absolute atomic E-state index is 0.0344. The maximum absolute atomic E-state index is 10.5. The summed E-state index contributed by atoms with van der Waals surface area (Å²) in [6.45, 7) is 6.56. The second-order valence-electron chi connectivity index (χ2n) is 7.59. The largest absolute Gasteiger partial charge is 0.508 e. The van der Waals surface area contributed by atoms with Crippen LogP contribution < -0.4 is 0 Å². The van der Waals surface area contributed by atoms with Gasteiger partial charge in [-0.05, 0) is 73.1 Å². The highest BCUT2D eigenvalue weighted by Gasteiger charge is 2.55. The molecule has 2 fully saturated rings. The Labute approximate surface area is 126 Å². The van der Waals surface area contributed by atoms with Crippen LogP contribution in [0.3, 0.4) is 0 Å². The van der Waals surface area contributed by atoms with E-state index in [9.17, 15) is 10.2 Å². The third-order valence-electron chi connectivity index (χ3n) is 6.58. The van der Waals surface area contributed by atoms with Gasteiger partial charge in [-0.15, -0.1) is 0 Å². The Kier molecular flexibility index (Phi) is 2.78. The molecule has 0 spiro atoms. The molecule has 1 aromatic rings. The van der Waals surface area contributed by atoms with Gasteiger partial charge in [0.2, 0.25) is 0 Å². The summed E-state index contributed by atoms with van der Waals surface area (Å²) < 4.78 is 0. The first kappa shape index (κ1) is 13.4. The quantitative estimate of drug-likeness (QED) is 0.712. The van der Waals surface area contributed by atoms with Crippen LogP contribution in [-0.2, 0) is 6.42 Å². The normalized spacial score (nSPS) is 41.3. The number of rotatable bonds is 0. The molecule has 0 unspecified atom stereocenters. The third-order valence-corrected chi connectivity index (χ3v) is 6.58. The van der Waals surface area contributed by atoms with Crippen LogP contribution >= 0.6 is 0 Å². The van der Waals surface area contributed by atoms with Crippen molar-refractivity contribution in [1.82, 2.24) is 0 Å². The number of phenols is 1. The SMILES string of the molecule is C=C1C[C@@H](O)[C@@]2(C)CC[C@@H]3c4ccc(O)cc4CC[C@H]3[C@H]12. The van der Waals surface area contributed by atoms with E-state index in [0.717, 1.165) is 32.1 Å². The number of hydrogen-bond donors (Lipinski definition) is 2. The number of benzene rings is 1. The number of phenolic OH excluding ortho intramolecular Hbond substituents is 1. The Balaban J connectivity index is 1.75. The molecule has 21 heavy (non-hydrogen) atoms. The molecule has 4 rings (SSSR count). The summed E-state index contributed by atoms with van der Waals surface area (Å²) in [6, 6.07) is 5.89. The van der Waals surface area contributed by atoms with Gasteiger partial charge in [-0.3, -0.25) is 0 Å². The van der Waals surface area contributed by atoms with Crippen LogP contribution in [0.2, 0.25) is 0 Å². The zero-order chi connectivity index (χ0) is 14.8. The summed E-state index contributed by atoms with van der Waals surface area (Å²) >= 11 is 0. The van der Waals surface area contributed by atoms with Crippen molar-refractivity contribution in [2.75, 3.05) is 0 Å². The standard InChI is InChI=1S/C19H24O2/c1-11-9-17(21)19(2)8-7-15-14-6-4-13(20)10-12(14)3-5-16(15)18(11)19/h4,6,10,15-18,20-21H,1,3,5,7-9H2,2H3/t15-,16-,17-,18+,19-/m1/s1. The monoisotopic (exact) mass is 284 g/mol. The van der Waals surface area contributed by atoms with E-state index in [4.69, 9.17) is 0 Å². The summed E-state index contributed by atoms with van der Waals surface area (Å²) in [5.41, 5.74) is 4.05. The van der Waals surface area contributed by atoms with Crippen LogP contribution in [0.5, 0.6) is 5.75 Å². The van der Waals surface area contributed by atoms with Gasteiger partial charge in [-0.1, -0.05) is 25.1 Å². The molecule has 0 heterocycles. The first-order valence-corrected chi connectivity index (χ1v) is 8.18. The number of fused-ring (bicyclic) bond motifs is 5. The lowest BCUT2D eigenvalue weighted by atomic mass is 9.55. The first-order chi connectivity index (χ1) is 10.0. The van der Waals surface area contributed by atoms with Crippen molar-refractivity contribution in [3.8, 4) is 5.75 Å². The summed E-state index contributed by atoms with van der Waals surface area (Å²) in [7, 11) is 0. The zero-order valence-electron chi connectivity index (χ0n) is 12.7. The Hall–Kier alpha value is -1.28. The number of aliphatic hydroxyl groups excluding tert-OH is 1. The molecule has 0 bridgehead atoms. The lowest BCUT2D eigenvalue weighted by molar-refractivity contribution is -0.0178. The fourth-order valence-corrected chi connectivity index (χ4v) is 5.56. The van der Waals surface area contributed by atoms with Crippen molar-refractivity contribution in [2.24, 2.45) is 17.3 Å². The minimum Gasteiger partial charge on any atom is -0.508 e. The van der Waals surface area contributed by atoms with Gasteiger partial charge in [-0.25, -0.2) is 0 Å². The van der Waals surface area contributed by atoms with Gasteiger partial charge >= 0.3 is 0 Å². The molecule has 112 valence electrons. The molecule has 1 aromatic carbocycles. The molecule has 2 N–H and O–H groups in total. The van der Waals surface area contributed by atoms with Crippen molar-refractivity contribution in [2.45, 2.75) is 51.0 Å². The van der Waals surface area contributed by atoms with Gasteiger partial charge in [0.05, 0.1) is 6.10 Å². The molecule has 0 amide bonds. The van der Waals surface area contributed by atoms with Crippen molar-refractivity contribution < 1.29 is 10.2 Å². The van der Waals surface area contributed by atoms with Crippen LogP contribution in [0.25, 0.3) is 0 Å². The molecule has 3 aliphatic carbocycles. The number of aryl methyl sites for hydroxylation is 1. The Morgan fingerprint density at radius 3 is 2.90 bits per heavy atom. The molecule has 0 radical (unpaired) electrons. The summed E-state index contributed by atoms with van der Waals surface area (Å²) in [5, 5.41) is 20.2. The molecular formula is C19H24O2. The van der Waals surface area contributed by atoms with E-state index < -0.39 is 0 Å². The van der Waals surface area contributed by atoms with Crippen LogP contribution in [0.4, 0.5) is 0 Å². The maximum atomic E-state index is 10.5. The predicted molar refractivity (Wildman–Crippen MR) is 83.3 cm³/mol. The van der Waals surface area contributed by atoms with E-state index in [1.54, 1.807) is 0 Å². The summed E-state index contributed by atoms with van der Waals surface area (Å²) in [4.78, 5) is 0. The van der Waals surface area contributed by atoms with E-state index in [2.05, 4.69) is 19.6 Å². The second-order valence-corrected chi connectivity index (χ2v) is 7.59. The molecule has 3 aliphatic rings.